The van der Waals surface area contributed by atoms with Crippen molar-refractivity contribution in [2.45, 2.75) is 90.4 Å². The second-order valence-electron chi connectivity index (χ2n) is 7.05. The highest BCUT2D eigenvalue weighted by atomic mass is 32.1. The molecule has 0 bridgehead atoms. The van der Waals surface area contributed by atoms with Crippen molar-refractivity contribution in [2.75, 3.05) is 5.32 Å². The van der Waals surface area contributed by atoms with E-state index in [1.165, 1.54) is 43.4 Å². The fourth-order valence-electron chi connectivity index (χ4n) is 3.52. The number of anilines is 1. The van der Waals surface area contributed by atoms with Gasteiger partial charge in [-0.25, -0.2) is 0 Å². The Morgan fingerprint density at radius 2 is 1.64 bits per heavy atom. The number of amides is 2. The summed E-state index contributed by atoms with van der Waals surface area (Å²) in [7, 11) is 0. The summed E-state index contributed by atoms with van der Waals surface area (Å²) in [6.07, 6.45) is 14.4. The molecule has 1 aliphatic rings. The molecule has 5 heteroatoms. The third-order valence-electron chi connectivity index (χ3n) is 4.93. The monoisotopic (exact) mass is 364 g/mol. The SMILES string of the molecule is CCCCCCCCCCC(=O)Nc1sc2c(c1C(N)=O)CCCC2. The van der Waals surface area contributed by atoms with Crippen molar-refractivity contribution in [3.8, 4) is 0 Å². The summed E-state index contributed by atoms with van der Waals surface area (Å²) >= 11 is 1.54. The summed E-state index contributed by atoms with van der Waals surface area (Å²) in [4.78, 5) is 25.3. The van der Waals surface area contributed by atoms with Gasteiger partial charge in [-0.15, -0.1) is 11.3 Å². The topological polar surface area (TPSA) is 72.2 Å². The average molecular weight is 365 g/mol. The van der Waals surface area contributed by atoms with Crippen molar-refractivity contribution in [1.29, 1.82) is 0 Å². The molecule has 1 aromatic heterocycles. The molecule has 0 atom stereocenters. The lowest BCUT2D eigenvalue weighted by atomic mass is 9.95. The fraction of sp³-hybridized carbons (Fsp3) is 0.700. The lowest BCUT2D eigenvalue weighted by Gasteiger charge is -2.11. The van der Waals surface area contributed by atoms with Crippen LogP contribution in [0.25, 0.3) is 0 Å². The molecule has 0 saturated carbocycles. The molecule has 25 heavy (non-hydrogen) atoms. The highest BCUT2D eigenvalue weighted by Crippen LogP contribution is 2.37. The number of primary amides is 1. The van der Waals surface area contributed by atoms with Crippen molar-refractivity contribution >= 4 is 28.2 Å². The first kappa shape index (κ1) is 20.0. The quantitative estimate of drug-likeness (QED) is 0.530. The number of thiophene rings is 1. The van der Waals surface area contributed by atoms with E-state index < -0.39 is 5.91 Å². The number of unbranched alkanes of at least 4 members (excludes halogenated alkanes) is 7. The zero-order valence-electron chi connectivity index (χ0n) is 15.5. The van der Waals surface area contributed by atoms with Gasteiger partial charge in [0.05, 0.1) is 5.56 Å². The summed E-state index contributed by atoms with van der Waals surface area (Å²) in [5.74, 6) is -0.408. The van der Waals surface area contributed by atoms with E-state index in [0.717, 1.165) is 44.1 Å². The van der Waals surface area contributed by atoms with Crippen LogP contribution in [0.4, 0.5) is 5.00 Å². The Labute approximate surface area is 155 Å². The summed E-state index contributed by atoms with van der Waals surface area (Å²) in [6.45, 7) is 2.23. The molecule has 0 fully saturated rings. The number of carbonyl (C=O) groups excluding carboxylic acids is 2. The van der Waals surface area contributed by atoms with E-state index >= 15 is 0 Å². The Morgan fingerprint density at radius 3 is 2.32 bits per heavy atom. The third-order valence-corrected chi connectivity index (χ3v) is 6.14. The third kappa shape index (κ3) is 6.14. The molecular weight excluding hydrogens is 332 g/mol. The van der Waals surface area contributed by atoms with Gasteiger partial charge in [0.15, 0.2) is 0 Å². The highest BCUT2D eigenvalue weighted by Gasteiger charge is 2.24. The Hall–Kier alpha value is -1.36. The van der Waals surface area contributed by atoms with Crippen LogP contribution in [0.1, 0.15) is 98.4 Å². The number of nitrogens with one attached hydrogen (secondary N) is 1. The van der Waals surface area contributed by atoms with Gasteiger partial charge in [-0.1, -0.05) is 51.9 Å². The van der Waals surface area contributed by atoms with Crippen LogP contribution >= 0.6 is 11.3 Å². The Balaban J connectivity index is 1.75. The van der Waals surface area contributed by atoms with Gasteiger partial charge in [-0.05, 0) is 37.7 Å². The first-order valence-corrected chi connectivity index (χ1v) is 10.7. The zero-order chi connectivity index (χ0) is 18.1. The van der Waals surface area contributed by atoms with Crippen LogP contribution in [0.5, 0.6) is 0 Å². The molecule has 0 aliphatic heterocycles. The summed E-state index contributed by atoms with van der Waals surface area (Å²) in [6, 6.07) is 0. The molecule has 4 nitrogen and oxygen atoms in total. The van der Waals surface area contributed by atoms with Crippen molar-refractivity contribution < 1.29 is 9.59 Å². The molecule has 0 spiro atoms. The number of nitrogens with two attached hydrogens (primary N) is 1. The Morgan fingerprint density at radius 1 is 1.00 bits per heavy atom. The molecule has 1 aromatic rings. The lowest BCUT2D eigenvalue weighted by molar-refractivity contribution is -0.116. The van der Waals surface area contributed by atoms with E-state index in [4.69, 9.17) is 5.73 Å². The molecule has 140 valence electrons. The zero-order valence-corrected chi connectivity index (χ0v) is 16.3. The van der Waals surface area contributed by atoms with Crippen molar-refractivity contribution in [3.05, 3.63) is 16.0 Å². The van der Waals surface area contributed by atoms with E-state index in [1.807, 2.05) is 0 Å². The van der Waals surface area contributed by atoms with Crippen LogP contribution in [0.15, 0.2) is 0 Å². The van der Waals surface area contributed by atoms with Crippen molar-refractivity contribution in [1.82, 2.24) is 0 Å². The molecule has 1 heterocycles. The number of rotatable bonds is 11. The number of carbonyl (C=O) groups is 2. The van der Waals surface area contributed by atoms with Crippen LogP contribution in [0, 0.1) is 0 Å². The number of aryl methyl sites for hydroxylation is 1. The Kier molecular flexibility index (Phi) is 8.45. The van der Waals surface area contributed by atoms with Crippen LogP contribution < -0.4 is 11.1 Å². The van der Waals surface area contributed by atoms with E-state index in [2.05, 4.69) is 12.2 Å². The number of fused-ring (bicyclic) bond motifs is 1. The van der Waals surface area contributed by atoms with Gasteiger partial charge < -0.3 is 11.1 Å². The Bertz CT molecular complexity index is 580. The smallest absolute Gasteiger partial charge is 0.251 e. The summed E-state index contributed by atoms with van der Waals surface area (Å²) in [5.41, 5.74) is 7.20. The molecule has 1 aliphatic carbocycles. The van der Waals surface area contributed by atoms with Gasteiger partial charge >= 0.3 is 0 Å². The molecule has 0 aromatic carbocycles. The maximum absolute atomic E-state index is 12.2. The van der Waals surface area contributed by atoms with Crippen LogP contribution in [-0.2, 0) is 17.6 Å². The normalized spacial score (nSPS) is 13.5. The number of hydrogen-bond acceptors (Lipinski definition) is 3. The second-order valence-corrected chi connectivity index (χ2v) is 8.16. The highest BCUT2D eigenvalue weighted by molar-refractivity contribution is 7.17. The van der Waals surface area contributed by atoms with Crippen LogP contribution in [0.3, 0.4) is 0 Å². The van der Waals surface area contributed by atoms with Crippen molar-refractivity contribution in [2.24, 2.45) is 5.73 Å². The standard InChI is InChI=1S/C20H32N2O2S/c1-2-3-4-5-6-7-8-9-14-17(23)22-20-18(19(21)24)15-12-10-11-13-16(15)25-20/h2-14H2,1H3,(H2,21,24)(H,22,23). The van der Waals surface area contributed by atoms with E-state index in [9.17, 15) is 9.59 Å². The molecule has 0 unspecified atom stereocenters. The molecule has 0 saturated heterocycles. The average Bonchev–Trinajstić information content (AvgIpc) is 2.95. The minimum Gasteiger partial charge on any atom is -0.365 e. The molecule has 2 amide bonds. The van der Waals surface area contributed by atoms with Crippen LogP contribution in [-0.4, -0.2) is 11.8 Å². The van der Waals surface area contributed by atoms with Gasteiger partial charge in [-0.3, -0.25) is 9.59 Å². The van der Waals surface area contributed by atoms with Gasteiger partial charge in [0, 0.05) is 11.3 Å². The predicted octanol–water partition coefficient (Wildman–Crippen LogP) is 5.20. The van der Waals surface area contributed by atoms with Gasteiger partial charge in [0.25, 0.3) is 5.91 Å². The van der Waals surface area contributed by atoms with E-state index in [1.54, 1.807) is 11.3 Å². The summed E-state index contributed by atoms with van der Waals surface area (Å²) < 4.78 is 0. The molecule has 2 rings (SSSR count). The fourth-order valence-corrected chi connectivity index (χ4v) is 4.83. The molecule has 0 radical (unpaired) electrons. The minimum absolute atomic E-state index is 0.00656. The minimum atomic E-state index is -0.415. The second kappa shape index (κ2) is 10.6. The maximum Gasteiger partial charge on any atom is 0.251 e. The predicted molar refractivity (Wildman–Crippen MR) is 105 cm³/mol. The van der Waals surface area contributed by atoms with Crippen molar-refractivity contribution in [3.63, 3.8) is 0 Å². The lowest BCUT2D eigenvalue weighted by Crippen LogP contribution is -2.18. The van der Waals surface area contributed by atoms with Gasteiger partial charge in [0.2, 0.25) is 5.91 Å². The van der Waals surface area contributed by atoms with Gasteiger partial charge in [-0.2, -0.15) is 0 Å². The van der Waals surface area contributed by atoms with E-state index in [-0.39, 0.29) is 5.91 Å². The first-order chi connectivity index (χ1) is 12.1. The summed E-state index contributed by atoms with van der Waals surface area (Å²) in [5, 5.41) is 3.62. The first-order valence-electron chi connectivity index (χ1n) is 9.87. The maximum atomic E-state index is 12.2. The molecule has 3 N–H and O–H groups in total. The van der Waals surface area contributed by atoms with Gasteiger partial charge in [0.1, 0.15) is 5.00 Å². The number of hydrogen-bond donors (Lipinski definition) is 2. The van der Waals surface area contributed by atoms with Crippen LogP contribution in [0.2, 0.25) is 0 Å². The largest absolute Gasteiger partial charge is 0.365 e. The molecular formula is C20H32N2O2S. The van der Waals surface area contributed by atoms with E-state index in [0.29, 0.717) is 17.0 Å².